The lowest BCUT2D eigenvalue weighted by Crippen LogP contribution is -2.45. The second-order valence-corrected chi connectivity index (χ2v) is 10.3. The van der Waals surface area contributed by atoms with Crippen LogP contribution in [0.1, 0.15) is 99.0 Å². The Kier molecular flexibility index (Phi) is 25.8. The smallest absolute Gasteiger partial charge is 0.406 e. The van der Waals surface area contributed by atoms with Gasteiger partial charge in [-0.05, 0) is 63.1 Å². The van der Waals surface area contributed by atoms with Gasteiger partial charge in [0.15, 0.2) is 0 Å². The molecule has 46 heavy (non-hydrogen) atoms. The summed E-state index contributed by atoms with van der Waals surface area (Å²) < 4.78 is 41.6. The van der Waals surface area contributed by atoms with Gasteiger partial charge in [-0.15, -0.1) is 13.2 Å². The van der Waals surface area contributed by atoms with Crippen molar-refractivity contribution in [1.29, 1.82) is 0 Å². The summed E-state index contributed by atoms with van der Waals surface area (Å²) in [6.07, 6.45) is 6.47. The molecule has 0 spiro atoms. The topological polar surface area (TPSA) is 118 Å². The minimum Gasteiger partial charge on any atom is -0.406 e. The van der Waals surface area contributed by atoms with Crippen molar-refractivity contribution in [3.63, 3.8) is 0 Å². The lowest BCUT2D eigenvalue weighted by atomic mass is 9.87. The van der Waals surface area contributed by atoms with E-state index in [1.165, 1.54) is 18.6 Å². The first kappa shape index (κ1) is 44.6. The van der Waals surface area contributed by atoms with Crippen molar-refractivity contribution in [2.45, 2.75) is 106 Å². The Balaban J connectivity index is 0. The van der Waals surface area contributed by atoms with E-state index in [2.05, 4.69) is 47.6 Å². The SMILES string of the molecule is C=C(CC)CCC(=C)C(CC(/C=C\CCN=C(NN)NN)=C/C)C(=O)N(CCC)Cc1ccc(OC(F)(F)F)cc1.CC.CCC. The number of carbonyl (C=O) groups is 1. The van der Waals surface area contributed by atoms with Gasteiger partial charge in [-0.2, -0.15) is 0 Å². The van der Waals surface area contributed by atoms with E-state index >= 15 is 0 Å². The largest absolute Gasteiger partial charge is 0.573 e. The van der Waals surface area contributed by atoms with Crippen LogP contribution in [0.2, 0.25) is 0 Å². The molecule has 0 fully saturated rings. The lowest BCUT2D eigenvalue weighted by molar-refractivity contribution is -0.274. The van der Waals surface area contributed by atoms with Crippen molar-refractivity contribution >= 4 is 11.9 Å². The normalized spacial score (nSPS) is 11.7. The summed E-state index contributed by atoms with van der Waals surface area (Å²) in [5, 5.41) is 0. The number of ether oxygens (including phenoxy) is 1. The second kappa shape index (κ2) is 26.6. The molecule has 8 nitrogen and oxygen atoms in total. The summed E-state index contributed by atoms with van der Waals surface area (Å²) in [7, 11) is 0. The highest BCUT2D eigenvalue weighted by Gasteiger charge is 2.31. The molecule has 6 N–H and O–H groups in total. The molecule has 0 aromatic heterocycles. The number of guanidine groups is 1. The zero-order valence-electron chi connectivity index (χ0n) is 29.1. The molecule has 262 valence electrons. The van der Waals surface area contributed by atoms with E-state index in [9.17, 15) is 18.0 Å². The summed E-state index contributed by atoms with van der Waals surface area (Å²) in [6.45, 7) is 23.8. The zero-order valence-corrected chi connectivity index (χ0v) is 29.1. The average Bonchev–Trinajstić information content (AvgIpc) is 3.03. The number of nitrogens with two attached hydrogens (primary N) is 2. The number of benzene rings is 1. The quantitative estimate of drug-likeness (QED) is 0.0256. The first-order valence-corrected chi connectivity index (χ1v) is 16.2. The molecule has 1 aromatic carbocycles. The average molecular weight is 653 g/mol. The molecule has 0 heterocycles. The first-order valence-electron chi connectivity index (χ1n) is 16.2. The number of hydrazine groups is 2. The molecule has 0 saturated heterocycles. The molecule has 0 bridgehead atoms. The molecule has 0 saturated carbocycles. The van der Waals surface area contributed by atoms with Crippen LogP contribution in [-0.2, 0) is 11.3 Å². The van der Waals surface area contributed by atoms with Crippen molar-refractivity contribution in [3.05, 3.63) is 77.9 Å². The van der Waals surface area contributed by atoms with E-state index in [1.54, 1.807) is 17.0 Å². The van der Waals surface area contributed by atoms with E-state index in [1.807, 2.05) is 52.8 Å². The van der Waals surface area contributed by atoms with Crippen molar-refractivity contribution < 1.29 is 22.7 Å². The molecule has 0 radical (unpaired) electrons. The molecule has 1 atom stereocenters. The van der Waals surface area contributed by atoms with Crippen molar-refractivity contribution in [2.75, 3.05) is 13.1 Å². The highest BCUT2D eigenvalue weighted by molar-refractivity contribution is 5.82. The third kappa shape index (κ3) is 20.5. The number of rotatable bonds is 17. The Labute approximate surface area is 275 Å². The Morgan fingerprint density at radius 2 is 1.65 bits per heavy atom. The number of hydrogen-bond donors (Lipinski definition) is 4. The van der Waals surface area contributed by atoms with Gasteiger partial charge in [0.1, 0.15) is 5.75 Å². The minimum absolute atomic E-state index is 0.0698. The van der Waals surface area contributed by atoms with Crippen LogP contribution in [0, 0.1) is 5.92 Å². The Morgan fingerprint density at radius 1 is 1.07 bits per heavy atom. The number of nitrogens with one attached hydrogen (secondary N) is 2. The first-order chi connectivity index (χ1) is 21.9. The maximum atomic E-state index is 14.0. The van der Waals surface area contributed by atoms with E-state index < -0.39 is 12.3 Å². The predicted molar refractivity (Wildman–Crippen MR) is 187 cm³/mol. The Morgan fingerprint density at radius 3 is 2.13 bits per heavy atom. The van der Waals surface area contributed by atoms with E-state index in [-0.39, 0.29) is 24.2 Å². The highest BCUT2D eigenvalue weighted by atomic mass is 19.4. The fourth-order valence-electron chi connectivity index (χ4n) is 4.01. The molecule has 1 unspecified atom stereocenters. The number of hydrogen-bond acceptors (Lipinski definition) is 5. The second-order valence-electron chi connectivity index (χ2n) is 10.3. The van der Waals surface area contributed by atoms with Crippen molar-refractivity contribution in [1.82, 2.24) is 15.8 Å². The predicted octanol–water partition coefficient (Wildman–Crippen LogP) is 8.25. The zero-order chi connectivity index (χ0) is 35.5. The molecule has 1 aromatic rings. The molecular formula is C35H59F3N6O2. The van der Waals surface area contributed by atoms with Gasteiger partial charge in [0, 0.05) is 19.6 Å². The molecule has 0 aliphatic rings. The number of aliphatic imine (C=N–C) groups is 1. The highest BCUT2D eigenvalue weighted by Crippen LogP contribution is 2.29. The number of halogens is 3. The number of carbonyl (C=O) groups excluding carboxylic acids is 1. The van der Waals surface area contributed by atoms with Gasteiger partial charge in [0.2, 0.25) is 11.9 Å². The van der Waals surface area contributed by atoms with E-state index in [0.717, 1.165) is 36.0 Å². The van der Waals surface area contributed by atoms with Crippen LogP contribution in [0.25, 0.3) is 0 Å². The van der Waals surface area contributed by atoms with Gasteiger partial charge >= 0.3 is 6.36 Å². The third-order valence-corrected chi connectivity index (χ3v) is 6.41. The molecule has 0 aliphatic heterocycles. The van der Waals surface area contributed by atoms with Crippen LogP contribution in [0.5, 0.6) is 5.75 Å². The molecule has 11 heteroatoms. The van der Waals surface area contributed by atoms with Gasteiger partial charge in [-0.3, -0.25) is 20.6 Å². The number of alkyl halides is 3. The maximum Gasteiger partial charge on any atom is 0.573 e. The van der Waals surface area contributed by atoms with Gasteiger partial charge in [0.25, 0.3) is 0 Å². The van der Waals surface area contributed by atoms with Crippen LogP contribution in [-0.4, -0.2) is 36.2 Å². The molecular weight excluding hydrogens is 593 g/mol. The molecule has 0 aliphatic carbocycles. The van der Waals surface area contributed by atoms with Crippen molar-refractivity contribution in [2.24, 2.45) is 22.6 Å². The fraction of sp³-hybridized carbons (Fsp3) is 0.543. The standard InChI is InChI=1S/C30H45F3N6O2.C3H8.C2H6/c1-6-19-39(21-25-14-16-26(17-15-25)41-30(31,32)33)28(40)27(23(5)13-12-22(4)7-2)20-24(8-3)11-9-10-18-36-29(37-34)38-35;1-3-2;1-2/h8-9,11,14-17,27H,4-7,10,12-13,18-21,34-35H2,1-3H3,(H2,36,37,38);3H2,1-2H3;1-2H3/b11-9-,24-8+;;. The van der Waals surface area contributed by atoms with E-state index in [0.29, 0.717) is 37.9 Å². The van der Waals surface area contributed by atoms with Gasteiger partial charge < -0.3 is 9.64 Å². The summed E-state index contributed by atoms with van der Waals surface area (Å²) in [6, 6.07) is 5.60. The van der Waals surface area contributed by atoms with E-state index in [4.69, 9.17) is 11.7 Å². The Bertz CT molecular complexity index is 1080. The summed E-state index contributed by atoms with van der Waals surface area (Å²) in [5.74, 6) is 10.0. The third-order valence-electron chi connectivity index (χ3n) is 6.41. The summed E-state index contributed by atoms with van der Waals surface area (Å²) >= 11 is 0. The monoisotopic (exact) mass is 652 g/mol. The van der Waals surface area contributed by atoms with Crippen LogP contribution >= 0.6 is 0 Å². The fourth-order valence-corrected chi connectivity index (χ4v) is 4.01. The number of amides is 1. The molecule has 1 amide bonds. The van der Waals surface area contributed by atoms with Crippen LogP contribution < -0.4 is 27.3 Å². The number of nitrogens with zero attached hydrogens (tertiary/aromatic N) is 2. The van der Waals surface area contributed by atoms with Crippen molar-refractivity contribution in [3.8, 4) is 5.75 Å². The summed E-state index contributed by atoms with van der Waals surface area (Å²) in [4.78, 5) is 19.9. The summed E-state index contributed by atoms with van der Waals surface area (Å²) in [5.41, 5.74) is 8.31. The van der Waals surface area contributed by atoms with Gasteiger partial charge in [0.05, 0.1) is 5.92 Å². The molecule has 1 rings (SSSR count). The van der Waals surface area contributed by atoms with Crippen LogP contribution in [0.3, 0.4) is 0 Å². The Hall–Kier alpha value is -3.57. The minimum atomic E-state index is -4.76. The van der Waals surface area contributed by atoms with Crippen LogP contribution in [0.4, 0.5) is 13.2 Å². The van der Waals surface area contributed by atoms with Gasteiger partial charge in [-0.1, -0.05) is 108 Å². The van der Waals surface area contributed by atoms with Crippen LogP contribution in [0.15, 0.2) is 77.4 Å². The number of allylic oxidation sites excluding steroid dienone is 4. The van der Waals surface area contributed by atoms with Gasteiger partial charge in [-0.25, -0.2) is 11.7 Å². The maximum absolute atomic E-state index is 14.0. The lowest BCUT2D eigenvalue weighted by Gasteiger charge is -2.29.